The van der Waals surface area contributed by atoms with Crippen molar-refractivity contribution in [3.63, 3.8) is 0 Å². The van der Waals surface area contributed by atoms with Gasteiger partial charge in [0.2, 0.25) is 11.8 Å². The molecule has 6 heteroatoms. The van der Waals surface area contributed by atoms with Gasteiger partial charge in [-0.3, -0.25) is 9.59 Å². The van der Waals surface area contributed by atoms with E-state index in [1.807, 2.05) is 6.92 Å². The first-order valence-corrected chi connectivity index (χ1v) is 4.26. The second kappa shape index (κ2) is 7.75. The topological polar surface area (TPSA) is 75.4 Å². The van der Waals surface area contributed by atoms with Crippen molar-refractivity contribution in [2.24, 2.45) is 5.73 Å². The Morgan fingerprint density at radius 3 is 2.36 bits per heavy atom. The zero-order valence-corrected chi connectivity index (χ0v) is 10.5. The van der Waals surface area contributed by atoms with Gasteiger partial charge in [-0.15, -0.1) is 17.0 Å². The van der Waals surface area contributed by atoms with Crippen molar-refractivity contribution < 1.29 is 9.59 Å². The fourth-order valence-corrected chi connectivity index (χ4v) is 0.894. The molecule has 0 radical (unpaired) electrons. The molecule has 0 spiro atoms. The molecule has 0 unspecified atom stereocenters. The Kier molecular flexibility index (Phi) is 8.77. The fraction of sp³-hybridized carbons (Fsp3) is 0.750. The molecule has 0 aliphatic rings. The van der Waals surface area contributed by atoms with Crippen LogP contribution in [0.2, 0.25) is 0 Å². The predicted molar refractivity (Wildman–Crippen MR) is 60.3 cm³/mol. The quantitative estimate of drug-likeness (QED) is 0.722. The van der Waals surface area contributed by atoms with Crippen LogP contribution < -0.4 is 11.1 Å². The van der Waals surface area contributed by atoms with Crippen molar-refractivity contribution >= 4 is 28.8 Å². The number of carbonyl (C=O) groups is 2. The molecule has 0 rings (SSSR count). The minimum absolute atomic E-state index is 0. The molecule has 0 saturated heterocycles. The summed E-state index contributed by atoms with van der Waals surface area (Å²) in [6.07, 6.45) is 0. The molecule has 14 heavy (non-hydrogen) atoms. The minimum atomic E-state index is -0.556. The van der Waals surface area contributed by atoms with Gasteiger partial charge in [-0.1, -0.05) is 0 Å². The van der Waals surface area contributed by atoms with Gasteiger partial charge in [0.1, 0.15) is 0 Å². The first-order chi connectivity index (χ1) is 5.99. The number of nitrogens with two attached hydrogens (primary N) is 1. The third-order valence-corrected chi connectivity index (χ3v) is 1.52. The normalized spacial score (nSPS) is 11.1. The van der Waals surface area contributed by atoms with Gasteiger partial charge in [0.05, 0.1) is 12.6 Å². The average Bonchev–Trinajstić information content (AvgIpc) is 2.03. The lowest BCUT2D eigenvalue weighted by Crippen LogP contribution is -2.44. The van der Waals surface area contributed by atoms with Gasteiger partial charge in [-0.2, -0.15) is 0 Å². The molecule has 0 aromatic rings. The van der Waals surface area contributed by atoms with Crippen LogP contribution in [0.5, 0.6) is 0 Å². The van der Waals surface area contributed by atoms with Crippen molar-refractivity contribution in [2.75, 3.05) is 20.1 Å². The number of nitrogens with one attached hydrogen (secondary N) is 1. The van der Waals surface area contributed by atoms with Crippen molar-refractivity contribution in [3.05, 3.63) is 0 Å². The molecule has 5 nitrogen and oxygen atoms in total. The van der Waals surface area contributed by atoms with Crippen molar-refractivity contribution in [1.29, 1.82) is 0 Å². The minimum Gasteiger partial charge on any atom is -0.355 e. The van der Waals surface area contributed by atoms with Crippen LogP contribution in [0.25, 0.3) is 0 Å². The molecule has 3 N–H and O–H groups in total. The zero-order chi connectivity index (χ0) is 10.4. The van der Waals surface area contributed by atoms with Gasteiger partial charge in [0.25, 0.3) is 0 Å². The van der Waals surface area contributed by atoms with Crippen LogP contribution in [-0.4, -0.2) is 42.9 Å². The van der Waals surface area contributed by atoms with Crippen LogP contribution in [-0.2, 0) is 9.59 Å². The van der Waals surface area contributed by atoms with E-state index in [0.717, 1.165) is 0 Å². The second-order valence-electron chi connectivity index (χ2n) is 2.94. The van der Waals surface area contributed by atoms with Crippen molar-refractivity contribution in [1.82, 2.24) is 10.2 Å². The smallest absolute Gasteiger partial charge is 0.239 e. The van der Waals surface area contributed by atoms with Gasteiger partial charge < -0.3 is 16.0 Å². The van der Waals surface area contributed by atoms with Crippen LogP contribution in [0.1, 0.15) is 13.8 Å². The number of halogens is 1. The summed E-state index contributed by atoms with van der Waals surface area (Å²) in [5, 5.41) is 2.60. The van der Waals surface area contributed by atoms with E-state index in [9.17, 15) is 9.59 Å². The van der Waals surface area contributed by atoms with E-state index < -0.39 is 6.04 Å². The lowest BCUT2D eigenvalue weighted by atomic mass is 10.3. The van der Waals surface area contributed by atoms with E-state index in [4.69, 9.17) is 5.73 Å². The van der Waals surface area contributed by atoms with Gasteiger partial charge in [-0.05, 0) is 13.8 Å². The lowest BCUT2D eigenvalue weighted by Gasteiger charge is -2.18. The first kappa shape index (κ1) is 15.8. The molecular formula is C8H18BrN3O2. The summed E-state index contributed by atoms with van der Waals surface area (Å²) >= 11 is 0. The number of carbonyl (C=O) groups excluding carboxylic acids is 2. The number of hydrogen-bond donors (Lipinski definition) is 2. The standard InChI is InChI=1S/C8H17N3O2.BrH/c1-4-10-7(12)5-11(3)8(13)6(2)9;/h6H,4-5,9H2,1-3H3,(H,10,12);1H/t6-;/m0./s1. The molecule has 0 aromatic heterocycles. The number of amides is 2. The maximum atomic E-state index is 11.2. The Morgan fingerprint density at radius 1 is 1.50 bits per heavy atom. The van der Waals surface area contributed by atoms with Gasteiger partial charge in [0.15, 0.2) is 0 Å². The summed E-state index contributed by atoms with van der Waals surface area (Å²) in [6.45, 7) is 4.05. The summed E-state index contributed by atoms with van der Waals surface area (Å²) in [6, 6.07) is -0.556. The molecule has 0 aliphatic heterocycles. The largest absolute Gasteiger partial charge is 0.355 e. The summed E-state index contributed by atoms with van der Waals surface area (Å²) in [5.41, 5.74) is 5.36. The van der Waals surface area contributed by atoms with Crippen LogP contribution in [0.3, 0.4) is 0 Å². The number of hydrogen-bond acceptors (Lipinski definition) is 3. The van der Waals surface area contributed by atoms with Crippen molar-refractivity contribution in [2.45, 2.75) is 19.9 Å². The van der Waals surface area contributed by atoms with E-state index in [1.54, 1.807) is 14.0 Å². The van der Waals surface area contributed by atoms with E-state index in [2.05, 4.69) is 5.32 Å². The van der Waals surface area contributed by atoms with Crippen molar-refractivity contribution in [3.8, 4) is 0 Å². The van der Waals surface area contributed by atoms with E-state index in [1.165, 1.54) is 4.90 Å². The molecule has 0 saturated carbocycles. The van der Waals surface area contributed by atoms with E-state index in [0.29, 0.717) is 6.54 Å². The second-order valence-corrected chi connectivity index (χ2v) is 2.94. The zero-order valence-electron chi connectivity index (χ0n) is 8.74. The molecule has 0 aromatic carbocycles. The van der Waals surface area contributed by atoms with Crippen LogP contribution >= 0.6 is 17.0 Å². The molecule has 0 bridgehead atoms. The van der Waals surface area contributed by atoms with E-state index >= 15 is 0 Å². The molecule has 0 aliphatic carbocycles. The van der Waals surface area contributed by atoms with Gasteiger partial charge >= 0.3 is 0 Å². The lowest BCUT2D eigenvalue weighted by molar-refractivity contribution is -0.135. The maximum absolute atomic E-state index is 11.2. The maximum Gasteiger partial charge on any atom is 0.239 e. The third kappa shape index (κ3) is 5.93. The molecular weight excluding hydrogens is 250 g/mol. The van der Waals surface area contributed by atoms with Crippen LogP contribution in [0, 0.1) is 0 Å². The molecule has 0 heterocycles. The van der Waals surface area contributed by atoms with Gasteiger partial charge in [0, 0.05) is 13.6 Å². The highest BCUT2D eigenvalue weighted by Crippen LogP contribution is 1.88. The Balaban J connectivity index is 0. The number of nitrogens with zero attached hydrogens (tertiary/aromatic N) is 1. The fourth-order valence-electron chi connectivity index (χ4n) is 0.894. The van der Waals surface area contributed by atoms with Crippen LogP contribution in [0.4, 0.5) is 0 Å². The highest BCUT2D eigenvalue weighted by Gasteiger charge is 2.15. The third-order valence-electron chi connectivity index (χ3n) is 1.52. The predicted octanol–water partition coefficient (Wildman–Crippen LogP) is -0.494. The summed E-state index contributed by atoms with van der Waals surface area (Å²) in [5.74, 6) is -0.398. The Bertz CT molecular complexity index is 197. The monoisotopic (exact) mass is 267 g/mol. The summed E-state index contributed by atoms with van der Waals surface area (Å²) in [4.78, 5) is 23.6. The Morgan fingerprint density at radius 2 is 2.00 bits per heavy atom. The number of likely N-dealkylation sites (N-methyl/N-ethyl adjacent to an activating group) is 2. The Labute approximate surface area is 94.8 Å². The highest BCUT2D eigenvalue weighted by atomic mass is 79.9. The number of rotatable bonds is 4. The molecule has 1 atom stereocenters. The molecule has 84 valence electrons. The summed E-state index contributed by atoms with van der Waals surface area (Å²) < 4.78 is 0. The van der Waals surface area contributed by atoms with Gasteiger partial charge in [-0.25, -0.2) is 0 Å². The SMILES string of the molecule is Br.CCNC(=O)CN(C)C(=O)[C@H](C)N. The molecule has 0 fully saturated rings. The summed E-state index contributed by atoms with van der Waals surface area (Å²) in [7, 11) is 1.56. The average molecular weight is 268 g/mol. The Hall–Kier alpha value is -0.620. The highest BCUT2D eigenvalue weighted by molar-refractivity contribution is 8.93. The first-order valence-electron chi connectivity index (χ1n) is 4.26. The molecule has 2 amide bonds. The van der Waals surface area contributed by atoms with E-state index in [-0.39, 0.29) is 35.3 Å². The van der Waals surface area contributed by atoms with Crippen LogP contribution in [0.15, 0.2) is 0 Å².